The van der Waals surface area contributed by atoms with Gasteiger partial charge in [0.25, 0.3) is 0 Å². The van der Waals surface area contributed by atoms with Gasteiger partial charge in [0.2, 0.25) is 0 Å². The van der Waals surface area contributed by atoms with Crippen LogP contribution in [0.25, 0.3) is 0 Å². The fourth-order valence-electron chi connectivity index (χ4n) is 1.06. The Bertz CT molecular complexity index is 271. The normalized spacial score (nSPS) is 13.0. The fourth-order valence-corrected chi connectivity index (χ4v) is 1.31. The Morgan fingerprint density at radius 2 is 2.17 bits per heavy atom. The van der Waals surface area contributed by atoms with Gasteiger partial charge in [-0.25, -0.2) is 0 Å². The molecule has 12 heavy (non-hydrogen) atoms. The Balaban J connectivity index is 2.96. The van der Waals surface area contributed by atoms with E-state index in [0.717, 1.165) is 15.6 Å². The quantitative estimate of drug-likeness (QED) is 0.725. The maximum atomic E-state index is 12.3. The van der Waals surface area contributed by atoms with Gasteiger partial charge in [0, 0.05) is 10.4 Å². The zero-order valence-electron chi connectivity index (χ0n) is 7.27. The van der Waals surface area contributed by atoms with Gasteiger partial charge >= 0.3 is 0 Å². The molecule has 1 aromatic carbocycles. The highest BCUT2D eigenvalue weighted by Gasteiger charge is 2.05. The maximum Gasteiger partial charge on any atom is 0.0960 e. The van der Waals surface area contributed by atoms with Crippen molar-refractivity contribution in [1.29, 1.82) is 0 Å². The van der Waals surface area contributed by atoms with Crippen LogP contribution in [0.2, 0.25) is 0 Å². The molecule has 0 radical (unpaired) electrons. The van der Waals surface area contributed by atoms with Crippen LogP contribution in [0.5, 0.6) is 0 Å². The van der Waals surface area contributed by atoms with Crippen LogP contribution < -0.4 is 0 Å². The van der Waals surface area contributed by atoms with E-state index in [-0.39, 0.29) is 12.6 Å². The molecule has 1 atom stereocenters. The predicted molar refractivity (Wildman–Crippen MR) is 53.3 cm³/mol. The summed E-state index contributed by atoms with van der Waals surface area (Å²) in [5.74, 6) is 0.0109. The molecule has 0 aliphatic rings. The molecule has 0 heterocycles. The molecule has 1 unspecified atom stereocenters. The molecule has 0 aliphatic carbocycles. The van der Waals surface area contributed by atoms with Gasteiger partial charge in [0.1, 0.15) is 0 Å². The third-order valence-corrected chi connectivity index (χ3v) is 2.87. The monoisotopic (exact) mass is 230 g/mol. The lowest BCUT2D eigenvalue weighted by molar-refractivity contribution is 0.447. The van der Waals surface area contributed by atoms with Crippen LogP contribution in [-0.4, -0.2) is 6.67 Å². The Labute approximate surface area is 80.9 Å². The molecule has 1 rings (SSSR count). The second-order valence-electron chi connectivity index (χ2n) is 3.06. The van der Waals surface area contributed by atoms with Crippen LogP contribution in [0, 0.1) is 6.92 Å². The summed E-state index contributed by atoms with van der Waals surface area (Å²) in [5.41, 5.74) is 2.23. The molecule has 0 N–H and O–H groups in total. The summed E-state index contributed by atoms with van der Waals surface area (Å²) in [6.07, 6.45) is 0. The van der Waals surface area contributed by atoms with Gasteiger partial charge in [0.15, 0.2) is 0 Å². The molecule has 0 nitrogen and oxygen atoms in total. The van der Waals surface area contributed by atoms with Gasteiger partial charge in [-0.3, -0.25) is 4.39 Å². The van der Waals surface area contributed by atoms with Crippen LogP contribution in [0.3, 0.4) is 0 Å². The van der Waals surface area contributed by atoms with Crippen molar-refractivity contribution in [3.63, 3.8) is 0 Å². The van der Waals surface area contributed by atoms with Gasteiger partial charge in [-0.15, -0.1) is 0 Å². The summed E-state index contributed by atoms with van der Waals surface area (Å²) in [7, 11) is 0. The SMILES string of the molecule is Cc1cc(C(C)CF)ccc1Br. The number of alkyl halides is 1. The molecule has 0 aliphatic heterocycles. The highest BCUT2D eigenvalue weighted by molar-refractivity contribution is 9.10. The zero-order valence-corrected chi connectivity index (χ0v) is 8.86. The van der Waals surface area contributed by atoms with Crippen LogP contribution in [0.1, 0.15) is 24.0 Å². The molecule has 1 aromatic rings. The molecule has 0 fully saturated rings. The van der Waals surface area contributed by atoms with Gasteiger partial charge in [0.05, 0.1) is 6.67 Å². The number of hydrogen-bond donors (Lipinski definition) is 0. The van der Waals surface area contributed by atoms with E-state index in [0.29, 0.717) is 0 Å². The first-order chi connectivity index (χ1) is 5.65. The number of rotatable bonds is 2. The minimum Gasteiger partial charge on any atom is -0.250 e. The van der Waals surface area contributed by atoms with E-state index in [9.17, 15) is 4.39 Å². The summed E-state index contributed by atoms with van der Waals surface area (Å²) in [4.78, 5) is 0. The number of aryl methyl sites for hydroxylation is 1. The molecule has 2 heteroatoms. The number of benzene rings is 1. The van der Waals surface area contributed by atoms with Crippen molar-refractivity contribution in [2.45, 2.75) is 19.8 Å². The molecule has 0 saturated heterocycles. The molecule has 0 bridgehead atoms. The lowest BCUT2D eigenvalue weighted by atomic mass is 10.0. The van der Waals surface area contributed by atoms with Crippen LogP contribution in [-0.2, 0) is 0 Å². The smallest absolute Gasteiger partial charge is 0.0960 e. The number of halogens is 2. The lowest BCUT2D eigenvalue weighted by Gasteiger charge is -2.08. The lowest BCUT2D eigenvalue weighted by Crippen LogP contribution is -1.95. The van der Waals surface area contributed by atoms with Crippen molar-refractivity contribution >= 4 is 15.9 Å². The van der Waals surface area contributed by atoms with Gasteiger partial charge in [-0.05, 0) is 24.1 Å². The average Bonchev–Trinajstić information content (AvgIpc) is 2.08. The third kappa shape index (κ3) is 2.07. The molecule has 0 amide bonds. The van der Waals surface area contributed by atoms with E-state index in [2.05, 4.69) is 15.9 Å². The average molecular weight is 231 g/mol. The second-order valence-corrected chi connectivity index (χ2v) is 3.92. The first-order valence-electron chi connectivity index (χ1n) is 3.97. The van der Waals surface area contributed by atoms with Crippen molar-refractivity contribution in [3.8, 4) is 0 Å². The summed E-state index contributed by atoms with van der Waals surface area (Å²) in [5, 5.41) is 0. The highest BCUT2D eigenvalue weighted by Crippen LogP contribution is 2.22. The van der Waals surface area contributed by atoms with E-state index in [1.165, 1.54) is 0 Å². The fraction of sp³-hybridized carbons (Fsp3) is 0.400. The maximum absolute atomic E-state index is 12.3. The molecule has 0 spiro atoms. The molecule has 0 saturated carbocycles. The first kappa shape index (κ1) is 9.72. The molecule has 66 valence electrons. The number of hydrogen-bond acceptors (Lipinski definition) is 0. The predicted octanol–water partition coefficient (Wildman–Crippen LogP) is 3.83. The van der Waals surface area contributed by atoms with Crippen molar-refractivity contribution < 1.29 is 4.39 Å². The van der Waals surface area contributed by atoms with E-state index < -0.39 is 0 Å². The van der Waals surface area contributed by atoms with Gasteiger partial charge in [-0.2, -0.15) is 0 Å². The zero-order chi connectivity index (χ0) is 9.14. The van der Waals surface area contributed by atoms with E-state index in [4.69, 9.17) is 0 Å². The molecular formula is C10H12BrF. The van der Waals surface area contributed by atoms with Crippen LogP contribution >= 0.6 is 15.9 Å². The second kappa shape index (κ2) is 4.04. The minimum atomic E-state index is -0.291. The van der Waals surface area contributed by atoms with Crippen LogP contribution in [0.4, 0.5) is 4.39 Å². The summed E-state index contributed by atoms with van der Waals surface area (Å²) >= 11 is 3.41. The summed E-state index contributed by atoms with van der Waals surface area (Å²) < 4.78 is 13.4. The Morgan fingerprint density at radius 3 is 2.67 bits per heavy atom. The van der Waals surface area contributed by atoms with E-state index in [1.54, 1.807) is 0 Å². The summed E-state index contributed by atoms with van der Waals surface area (Å²) in [6.45, 7) is 3.61. The van der Waals surface area contributed by atoms with Crippen molar-refractivity contribution in [1.82, 2.24) is 0 Å². The minimum absolute atomic E-state index is 0.0109. The molecule has 0 aromatic heterocycles. The largest absolute Gasteiger partial charge is 0.250 e. The van der Waals surface area contributed by atoms with Crippen molar-refractivity contribution in [2.24, 2.45) is 0 Å². The highest BCUT2D eigenvalue weighted by atomic mass is 79.9. The van der Waals surface area contributed by atoms with Crippen molar-refractivity contribution in [2.75, 3.05) is 6.67 Å². The van der Waals surface area contributed by atoms with Crippen LogP contribution in [0.15, 0.2) is 22.7 Å². The third-order valence-electron chi connectivity index (χ3n) is 1.98. The Morgan fingerprint density at radius 1 is 1.50 bits per heavy atom. The summed E-state index contributed by atoms with van der Waals surface area (Å²) in [6, 6.07) is 5.95. The first-order valence-corrected chi connectivity index (χ1v) is 4.76. The Hall–Kier alpha value is -0.370. The Kier molecular flexibility index (Phi) is 3.27. The molecular weight excluding hydrogens is 219 g/mol. The van der Waals surface area contributed by atoms with Crippen molar-refractivity contribution in [3.05, 3.63) is 33.8 Å². The standard InChI is InChI=1S/C10H12BrF/c1-7-5-9(8(2)6-12)3-4-10(7)11/h3-5,8H,6H2,1-2H3. The topological polar surface area (TPSA) is 0 Å². The van der Waals surface area contributed by atoms with Gasteiger partial charge < -0.3 is 0 Å². The van der Waals surface area contributed by atoms with E-state index >= 15 is 0 Å². The van der Waals surface area contributed by atoms with E-state index in [1.807, 2.05) is 32.0 Å². The van der Waals surface area contributed by atoms with Gasteiger partial charge in [-0.1, -0.05) is 35.0 Å².